The third-order valence-corrected chi connectivity index (χ3v) is 2.18. The molecule has 2 heterocycles. The van der Waals surface area contributed by atoms with Crippen LogP contribution in [0.25, 0.3) is 11.2 Å². The van der Waals surface area contributed by atoms with Crippen molar-refractivity contribution in [3.63, 3.8) is 0 Å². The van der Waals surface area contributed by atoms with E-state index in [0.717, 1.165) is 0 Å². The zero-order chi connectivity index (χ0) is 9.42. The number of aromatic nitrogens is 3. The standard InChI is InChI=1S/C8H5Cl2N3/c1-4-7(10)12-5-2-3-6(9)13-8(5)11-4/h2-3H,1H3. The number of aryl methyl sites for hydroxylation is 1. The molecule has 66 valence electrons. The maximum atomic E-state index is 5.79. The molecule has 0 aliphatic rings. The molecule has 2 rings (SSSR count). The van der Waals surface area contributed by atoms with Crippen LogP contribution in [0.15, 0.2) is 12.1 Å². The van der Waals surface area contributed by atoms with E-state index in [2.05, 4.69) is 15.0 Å². The van der Waals surface area contributed by atoms with Gasteiger partial charge in [-0.2, -0.15) is 0 Å². The van der Waals surface area contributed by atoms with E-state index in [1.54, 1.807) is 19.1 Å². The third-order valence-electron chi connectivity index (χ3n) is 1.61. The summed E-state index contributed by atoms with van der Waals surface area (Å²) in [5, 5.41) is 0.806. The molecule has 5 heteroatoms. The Morgan fingerprint density at radius 2 is 1.85 bits per heavy atom. The van der Waals surface area contributed by atoms with Crippen molar-refractivity contribution in [3.05, 3.63) is 28.1 Å². The zero-order valence-corrected chi connectivity index (χ0v) is 8.26. The smallest absolute Gasteiger partial charge is 0.179 e. The predicted octanol–water partition coefficient (Wildman–Crippen LogP) is 2.64. The molecule has 0 aliphatic heterocycles. The molecule has 0 aromatic carbocycles. The Labute approximate surface area is 84.7 Å². The highest BCUT2D eigenvalue weighted by atomic mass is 35.5. The maximum Gasteiger partial charge on any atom is 0.179 e. The summed E-state index contributed by atoms with van der Waals surface area (Å²) in [6, 6.07) is 3.40. The van der Waals surface area contributed by atoms with Crippen molar-refractivity contribution >= 4 is 34.4 Å². The zero-order valence-electron chi connectivity index (χ0n) is 6.75. The van der Waals surface area contributed by atoms with Gasteiger partial charge in [-0.05, 0) is 19.1 Å². The van der Waals surface area contributed by atoms with Crippen molar-refractivity contribution in [1.29, 1.82) is 0 Å². The van der Waals surface area contributed by atoms with Gasteiger partial charge in [-0.15, -0.1) is 0 Å². The van der Waals surface area contributed by atoms with E-state index in [-0.39, 0.29) is 0 Å². The molecule has 0 amide bonds. The molecule has 0 N–H and O–H groups in total. The van der Waals surface area contributed by atoms with Gasteiger partial charge in [0.1, 0.15) is 10.7 Å². The van der Waals surface area contributed by atoms with Crippen molar-refractivity contribution in [2.75, 3.05) is 0 Å². The van der Waals surface area contributed by atoms with Crippen LogP contribution in [0.4, 0.5) is 0 Å². The number of rotatable bonds is 0. The van der Waals surface area contributed by atoms with Crippen molar-refractivity contribution in [1.82, 2.24) is 15.0 Å². The van der Waals surface area contributed by atoms with Crippen molar-refractivity contribution < 1.29 is 0 Å². The number of hydrogen-bond donors (Lipinski definition) is 0. The van der Waals surface area contributed by atoms with Gasteiger partial charge in [0.2, 0.25) is 0 Å². The minimum atomic E-state index is 0.400. The minimum Gasteiger partial charge on any atom is -0.231 e. The molecule has 0 unspecified atom stereocenters. The number of hydrogen-bond acceptors (Lipinski definition) is 3. The molecule has 2 aromatic heterocycles. The lowest BCUT2D eigenvalue weighted by Crippen LogP contribution is -1.92. The summed E-state index contributed by atoms with van der Waals surface area (Å²) >= 11 is 11.5. The molecule has 13 heavy (non-hydrogen) atoms. The Kier molecular flexibility index (Phi) is 2.06. The average molecular weight is 214 g/mol. The second kappa shape index (κ2) is 3.09. The minimum absolute atomic E-state index is 0.400. The number of fused-ring (bicyclic) bond motifs is 1. The normalized spacial score (nSPS) is 10.7. The second-order valence-corrected chi connectivity index (χ2v) is 3.32. The van der Waals surface area contributed by atoms with Crippen molar-refractivity contribution in [3.8, 4) is 0 Å². The highest BCUT2D eigenvalue weighted by Gasteiger charge is 2.03. The summed E-state index contributed by atoms with van der Waals surface area (Å²) in [4.78, 5) is 12.3. The Morgan fingerprint density at radius 3 is 2.62 bits per heavy atom. The Balaban J connectivity index is 2.81. The van der Waals surface area contributed by atoms with Gasteiger partial charge < -0.3 is 0 Å². The highest BCUT2D eigenvalue weighted by Crippen LogP contribution is 2.16. The lowest BCUT2D eigenvalue weighted by atomic mass is 10.4. The molecule has 0 spiro atoms. The first-order valence-electron chi connectivity index (χ1n) is 3.63. The van der Waals surface area contributed by atoms with E-state index in [1.165, 1.54) is 0 Å². The van der Waals surface area contributed by atoms with Crippen molar-refractivity contribution in [2.45, 2.75) is 6.92 Å². The van der Waals surface area contributed by atoms with E-state index >= 15 is 0 Å². The molecular formula is C8H5Cl2N3. The topological polar surface area (TPSA) is 38.7 Å². The van der Waals surface area contributed by atoms with Crippen LogP contribution in [0.5, 0.6) is 0 Å². The van der Waals surface area contributed by atoms with Gasteiger partial charge in [0.25, 0.3) is 0 Å². The summed E-state index contributed by atoms with van der Waals surface area (Å²) in [6.45, 7) is 1.78. The van der Waals surface area contributed by atoms with Gasteiger partial charge in [0.05, 0.1) is 5.69 Å². The Morgan fingerprint density at radius 1 is 1.08 bits per heavy atom. The van der Waals surface area contributed by atoms with E-state index in [9.17, 15) is 0 Å². The fourth-order valence-corrected chi connectivity index (χ4v) is 1.26. The Hall–Kier alpha value is -0.930. The first-order valence-corrected chi connectivity index (χ1v) is 4.39. The summed E-state index contributed by atoms with van der Waals surface area (Å²) in [6.07, 6.45) is 0. The van der Waals surface area contributed by atoms with Gasteiger partial charge in [0, 0.05) is 0 Å². The first-order chi connectivity index (χ1) is 6.16. The molecule has 0 fully saturated rings. The van der Waals surface area contributed by atoms with E-state index < -0.39 is 0 Å². The van der Waals surface area contributed by atoms with Crippen LogP contribution in [-0.4, -0.2) is 15.0 Å². The number of nitrogens with zero attached hydrogens (tertiary/aromatic N) is 3. The predicted molar refractivity (Wildman–Crippen MR) is 52.1 cm³/mol. The lowest BCUT2D eigenvalue weighted by molar-refractivity contribution is 1.15. The molecular weight excluding hydrogens is 209 g/mol. The molecule has 0 aliphatic carbocycles. The monoisotopic (exact) mass is 213 g/mol. The van der Waals surface area contributed by atoms with Gasteiger partial charge >= 0.3 is 0 Å². The molecule has 0 atom stereocenters. The number of halogens is 2. The third kappa shape index (κ3) is 1.57. The van der Waals surface area contributed by atoms with Crippen LogP contribution >= 0.6 is 23.2 Å². The molecule has 3 nitrogen and oxygen atoms in total. The van der Waals surface area contributed by atoms with Crippen LogP contribution in [0, 0.1) is 6.92 Å². The highest BCUT2D eigenvalue weighted by molar-refractivity contribution is 6.30. The largest absolute Gasteiger partial charge is 0.231 e. The summed E-state index contributed by atoms with van der Waals surface area (Å²) in [5.41, 5.74) is 1.83. The molecule has 0 saturated carbocycles. The molecule has 0 bridgehead atoms. The van der Waals surface area contributed by atoms with Crippen LogP contribution in [0.1, 0.15) is 5.69 Å². The SMILES string of the molecule is Cc1nc2nc(Cl)ccc2nc1Cl. The maximum absolute atomic E-state index is 5.79. The second-order valence-electron chi connectivity index (χ2n) is 2.58. The number of pyridine rings is 1. The first kappa shape index (κ1) is 8.66. The van der Waals surface area contributed by atoms with Gasteiger partial charge in [-0.3, -0.25) is 0 Å². The lowest BCUT2D eigenvalue weighted by Gasteiger charge is -1.99. The summed E-state index contributed by atoms with van der Waals surface area (Å²) < 4.78 is 0. The molecule has 2 aromatic rings. The average Bonchev–Trinajstić information content (AvgIpc) is 2.08. The van der Waals surface area contributed by atoms with Crippen LogP contribution < -0.4 is 0 Å². The quantitative estimate of drug-likeness (QED) is 0.632. The van der Waals surface area contributed by atoms with Crippen molar-refractivity contribution in [2.24, 2.45) is 0 Å². The van der Waals surface area contributed by atoms with Gasteiger partial charge in [-0.25, -0.2) is 15.0 Å². The molecule has 0 radical (unpaired) electrons. The van der Waals surface area contributed by atoms with E-state index in [0.29, 0.717) is 27.2 Å². The van der Waals surface area contributed by atoms with E-state index in [4.69, 9.17) is 23.2 Å². The van der Waals surface area contributed by atoms with Gasteiger partial charge in [-0.1, -0.05) is 23.2 Å². The van der Waals surface area contributed by atoms with Crippen LogP contribution in [0.2, 0.25) is 10.3 Å². The van der Waals surface area contributed by atoms with Gasteiger partial charge in [0.15, 0.2) is 10.8 Å². The fraction of sp³-hybridized carbons (Fsp3) is 0.125. The fourth-order valence-electron chi connectivity index (χ4n) is 0.979. The van der Waals surface area contributed by atoms with Crippen LogP contribution in [0.3, 0.4) is 0 Å². The van der Waals surface area contributed by atoms with E-state index in [1.807, 2.05) is 0 Å². The summed E-state index contributed by atoms with van der Waals surface area (Å²) in [5.74, 6) is 0. The van der Waals surface area contributed by atoms with Crippen LogP contribution in [-0.2, 0) is 0 Å². The Bertz CT molecular complexity index is 470. The molecule has 0 saturated heterocycles. The summed E-state index contributed by atoms with van der Waals surface area (Å²) in [7, 11) is 0.